The minimum Gasteiger partial charge on any atom is -0.389 e. The van der Waals surface area contributed by atoms with Gasteiger partial charge in [0.15, 0.2) is 0 Å². The first-order chi connectivity index (χ1) is 14.7. The number of amides is 2. The molecule has 2 heterocycles. The molecule has 2 fully saturated rings. The average Bonchev–Trinajstić information content (AvgIpc) is 2.90. The number of carbonyl (C=O) groups excluding carboxylic acids is 2. The van der Waals surface area contributed by atoms with Crippen LogP contribution in [0.15, 0.2) is 24.3 Å². The number of nitrogens with zero attached hydrogens (tertiary/aromatic N) is 3. The topological polar surface area (TPSA) is 64.1 Å². The van der Waals surface area contributed by atoms with E-state index in [-0.39, 0.29) is 11.8 Å². The average molecular weight is 468 g/mol. The molecule has 0 saturated carbocycles. The third-order valence-corrected chi connectivity index (χ3v) is 6.66. The SMILES string of the molecule is CC1(O)CCCN(CCCN2CCN(C(=O)/C=C/c3ccc(Cl)c(Cl)c3)CCC2=O)C1. The number of rotatable bonds is 6. The molecule has 3 rings (SSSR count). The van der Waals surface area contributed by atoms with Crippen LogP contribution in [0.4, 0.5) is 0 Å². The lowest BCUT2D eigenvalue weighted by molar-refractivity contribution is -0.130. The maximum absolute atomic E-state index is 12.6. The summed E-state index contributed by atoms with van der Waals surface area (Å²) in [5.74, 6) is -0.0225. The zero-order valence-electron chi connectivity index (χ0n) is 18.0. The Labute approximate surface area is 194 Å². The summed E-state index contributed by atoms with van der Waals surface area (Å²) in [5, 5.41) is 11.2. The predicted octanol–water partition coefficient (Wildman–Crippen LogP) is 3.30. The van der Waals surface area contributed by atoms with Crippen LogP contribution in [-0.2, 0) is 9.59 Å². The van der Waals surface area contributed by atoms with Crippen molar-refractivity contribution in [1.29, 1.82) is 0 Å². The fraction of sp³-hybridized carbons (Fsp3) is 0.565. The van der Waals surface area contributed by atoms with E-state index in [2.05, 4.69) is 4.90 Å². The lowest BCUT2D eigenvalue weighted by Gasteiger charge is -2.37. The number of carbonyl (C=O) groups is 2. The van der Waals surface area contributed by atoms with Gasteiger partial charge >= 0.3 is 0 Å². The van der Waals surface area contributed by atoms with Crippen LogP contribution in [0, 0.1) is 0 Å². The molecule has 2 saturated heterocycles. The molecule has 0 aromatic heterocycles. The van der Waals surface area contributed by atoms with Gasteiger partial charge in [-0.15, -0.1) is 0 Å². The Morgan fingerprint density at radius 2 is 1.97 bits per heavy atom. The Morgan fingerprint density at radius 3 is 2.71 bits per heavy atom. The Kier molecular flexibility index (Phi) is 8.39. The Hall–Kier alpha value is -1.60. The number of benzene rings is 1. The van der Waals surface area contributed by atoms with Crippen LogP contribution >= 0.6 is 23.2 Å². The monoisotopic (exact) mass is 467 g/mol. The summed E-state index contributed by atoms with van der Waals surface area (Å²) in [6, 6.07) is 5.21. The van der Waals surface area contributed by atoms with Gasteiger partial charge in [0.2, 0.25) is 11.8 Å². The molecule has 170 valence electrons. The van der Waals surface area contributed by atoms with E-state index in [0.717, 1.165) is 37.9 Å². The third kappa shape index (κ3) is 7.21. The lowest BCUT2D eigenvalue weighted by Crippen LogP contribution is -2.46. The zero-order chi connectivity index (χ0) is 22.4. The highest BCUT2D eigenvalue weighted by atomic mass is 35.5. The molecule has 1 aromatic rings. The lowest BCUT2D eigenvalue weighted by atomic mass is 9.95. The highest BCUT2D eigenvalue weighted by molar-refractivity contribution is 6.42. The van der Waals surface area contributed by atoms with Gasteiger partial charge in [-0.3, -0.25) is 9.59 Å². The molecule has 1 N–H and O–H groups in total. The van der Waals surface area contributed by atoms with Crippen molar-refractivity contribution in [3.05, 3.63) is 39.9 Å². The van der Waals surface area contributed by atoms with Crippen LogP contribution in [0.3, 0.4) is 0 Å². The number of halogens is 2. The third-order valence-electron chi connectivity index (χ3n) is 5.92. The maximum Gasteiger partial charge on any atom is 0.246 e. The second-order valence-corrected chi connectivity index (χ2v) is 9.51. The molecular weight excluding hydrogens is 437 g/mol. The number of piperidine rings is 1. The van der Waals surface area contributed by atoms with Gasteiger partial charge in [0.25, 0.3) is 0 Å². The van der Waals surface area contributed by atoms with Crippen LogP contribution in [0.25, 0.3) is 6.08 Å². The van der Waals surface area contributed by atoms with Crippen LogP contribution in [0.5, 0.6) is 0 Å². The second-order valence-electron chi connectivity index (χ2n) is 8.69. The van der Waals surface area contributed by atoms with Gasteiger partial charge in [0.05, 0.1) is 15.6 Å². The summed E-state index contributed by atoms with van der Waals surface area (Å²) in [6.45, 7) is 6.62. The van der Waals surface area contributed by atoms with Crippen LogP contribution in [0.1, 0.15) is 38.2 Å². The molecule has 2 aliphatic heterocycles. The highest BCUT2D eigenvalue weighted by Crippen LogP contribution is 2.23. The van der Waals surface area contributed by atoms with E-state index < -0.39 is 5.60 Å². The van der Waals surface area contributed by atoms with E-state index in [0.29, 0.717) is 49.2 Å². The van der Waals surface area contributed by atoms with E-state index in [1.54, 1.807) is 29.2 Å². The molecule has 2 aliphatic rings. The molecule has 2 amide bonds. The standard InChI is InChI=1S/C23H31Cl2N3O3/c1-23(31)9-2-10-26(17-23)11-3-12-27-14-15-28(13-8-22(27)30)21(29)7-5-18-4-6-19(24)20(25)16-18/h4-7,16,31H,2-3,8-15,17H2,1H3/b7-5+. The number of aliphatic hydroxyl groups is 1. The fourth-order valence-corrected chi connectivity index (χ4v) is 4.52. The van der Waals surface area contributed by atoms with E-state index in [1.165, 1.54) is 6.08 Å². The van der Waals surface area contributed by atoms with Crippen molar-refractivity contribution in [3.8, 4) is 0 Å². The van der Waals surface area contributed by atoms with Gasteiger partial charge in [0, 0.05) is 45.2 Å². The maximum atomic E-state index is 12.6. The van der Waals surface area contributed by atoms with Gasteiger partial charge in [-0.2, -0.15) is 0 Å². The van der Waals surface area contributed by atoms with E-state index in [4.69, 9.17) is 23.2 Å². The number of β-amino-alcohol motifs (C(OH)–C–C–N with tert-alkyl or cyclic N) is 1. The molecule has 0 aliphatic carbocycles. The second kappa shape index (κ2) is 10.8. The molecule has 31 heavy (non-hydrogen) atoms. The Morgan fingerprint density at radius 1 is 1.16 bits per heavy atom. The van der Waals surface area contributed by atoms with Gasteiger partial charge < -0.3 is 19.8 Å². The summed E-state index contributed by atoms with van der Waals surface area (Å²) < 4.78 is 0. The number of hydrogen-bond donors (Lipinski definition) is 1. The molecular formula is C23H31Cl2N3O3. The van der Waals surface area contributed by atoms with E-state index >= 15 is 0 Å². The van der Waals surface area contributed by atoms with Crippen LogP contribution in [-0.4, -0.2) is 83.0 Å². The number of hydrogen-bond acceptors (Lipinski definition) is 4. The van der Waals surface area contributed by atoms with Gasteiger partial charge in [-0.25, -0.2) is 0 Å². The molecule has 0 bridgehead atoms. The van der Waals surface area contributed by atoms with Gasteiger partial charge in [0.1, 0.15) is 0 Å². The molecule has 1 aromatic carbocycles. The van der Waals surface area contributed by atoms with Crippen molar-refractivity contribution in [1.82, 2.24) is 14.7 Å². The van der Waals surface area contributed by atoms with Crippen molar-refractivity contribution < 1.29 is 14.7 Å². The quantitative estimate of drug-likeness (QED) is 0.651. The van der Waals surface area contributed by atoms with Crippen LogP contribution < -0.4 is 0 Å². The zero-order valence-corrected chi connectivity index (χ0v) is 19.5. The summed E-state index contributed by atoms with van der Waals surface area (Å²) in [7, 11) is 0. The highest BCUT2D eigenvalue weighted by Gasteiger charge is 2.28. The first-order valence-corrected chi connectivity index (χ1v) is 11.6. The summed E-state index contributed by atoms with van der Waals surface area (Å²) in [4.78, 5) is 30.9. The van der Waals surface area contributed by atoms with Crippen molar-refractivity contribution in [2.45, 2.75) is 38.2 Å². The van der Waals surface area contributed by atoms with Crippen molar-refractivity contribution in [3.63, 3.8) is 0 Å². The largest absolute Gasteiger partial charge is 0.389 e. The summed E-state index contributed by atoms with van der Waals surface area (Å²) >= 11 is 11.9. The molecule has 6 nitrogen and oxygen atoms in total. The smallest absolute Gasteiger partial charge is 0.246 e. The van der Waals surface area contributed by atoms with Crippen molar-refractivity contribution in [2.24, 2.45) is 0 Å². The molecule has 0 spiro atoms. The van der Waals surface area contributed by atoms with E-state index in [1.807, 2.05) is 11.8 Å². The van der Waals surface area contributed by atoms with Gasteiger partial charge in [-0.05, 0) is 63.0 Å². The van der Waals surface area contributed by atoms with Gasteiger partial charge in [-0.1, -0.05) is 29.3 Å². The first-order valence-electron chi connectivity index (χ1n) is 10.9. The number of likely N-dealkylation sites (tertiary alicyclic amines) is 1. The van der Waals surface area contributed by atoms with Crippen molar-refractivity contribution >= 4 is 41.1 Å². The Bertz CT molecular complexity index is 828. The molecule has 1 atom stereocenters. The first kappa shape index (κ1) is 24.1. The van der Waals surface area contributed by atoms with Crippen molar-refractivity contribution in [2.75, 3.05) is 45.8 Å². The summed E-state index contributed by atoms with van der Waals surface area (Å²) in [5.41, 5.74) is 0.189. The minimum absolute atomic E-state index is 0.0920. The molecule has 8 heteroatoms. The molecule has 0 radical (unpaired) electrons. The molecule has 1 unspecified atom stereocenters. The normalized spacial score (nSPS) is 23.4. The van der Waals surface area contributed by atoms with Crippen LogP contribution in [0.2, 0.25) is 10.0 Å². The summed E-state index contributed by atoms with van der Waals surface area (Å²) in [6.07, 6.45) is 6.28. The Balaban J connectivity index is 1.46. The fourth-order valence-electron chi connectivity index (χ4n) is 4.21. The predicted molar refractivity (Wildman–Crippen MR) is 124 cm³/mol. The minimum atomic E-state index is -0.609. The van der Waals surface area contributed by atoms with E-state index in [9.17, 15) is 14.7 Å².